The zero-order valence-corrected chi connectivity index (χ0v) is 11.8. The molecule has 1 aromatic carbocycles. The molecule has 0 spiro atoms. The van der Waals surface area contributed by atoms with Crippen molar-refractivity contribution in [2.75, 3.05) is 31.2 Å². The molecule has 110 valence electrons. The van der Waals surface area contributed by atoms with Crippen molar-refractivity contribution in [2.24, 2.45) is 0 Å². The van der Waals surface area contributed by atoms with Crippen molar-refractivity contribution in [1.29, 1.82) is 0 Å². The van der Waals surface area contributed by atoms with Gasteiger partial charge in [-0.1, -0.05) is 12.1 Å². The second kappa shape index (κ2) is 8.16. The number of hydrogen-bond donors (Lipinski definition) is 2. The molecule has 0 unspecified atom stereocenters. The number of nitrogens with one attached hydrogen (secondary N) is 1. The summed E-state index contributed by atoms with van der Waals surface area (Å²) in [5, 5.41) is 11.1. The average Bonchev–Trinajstić information content (AvgIpc) is 2.39. The predicted octanol–water partition coefficient (Wildman–Crippen LogP) is 1.63. The van der Waals surface area contributed by atoms with Crippen LogP contribution < -0.4 is 10.2 Å². The molecule has 6 heteroatoms. The average molecular weight is 280 g/mol. The Kier molecular flexibility index (Phi) is 6.52. The van der Waals surface area contributed by atoms with E-state index in [0.29, 0.717) is 6.54 Å². The first kappa shape index (κ1) is 16.0. The number of aliphatic carboxylic acids is 1. The van der Waals surface area contributed by atoms with Gasteiger partial charge >= 0.3 is 12.0 Å². The fraction of sp³-hybridized carbons (Fsp3) is 0.429. The number of ether oxygens (including phenoxy) is 1. The molecule has 1 rings (SSSR count). The van der Waals surface area contributed by atoms with Crippen molar-refractivity contribution in [3.05, 3.63) is 29.8 Å². The van der Waals surface area contributed by atoms with E-state index in [1.807, 2.05) is 38.1 Å². The number of carboxylic acid groups (broad SMARTS) is 1. The van der Waals surface area contributed by atoms with Gasteiger partial charge in [0.2, 0.25) is 0 Å². The van der Waals surface area contributed by atoms with Crippen molar-refractivity contribution in [3.63, 3.8) is 0 Å². The maximum Gasteiger partial charge on any atom is 0.329 e. The van der Waals surface area contributed by atoms with Gasteiger partial charge in [0.15, 0.2) is 0 Å². The van der Waals surface area contributed by atoms with Gasteiger partial charge in [0.1, 0.15) is 6.61 Å². The quantitative estimate of drug-likeness (QED) is 0.744. The number of amides is 2. The lowest BCUT2D eigenvalue weighted by Gasteiger charge is -2.21. The van der Waals surface area contributed by atoms with Crippen molar-refractivity contribution < 1.29 is 19.4 Å². The summed E-state index contributed by atoms with van der Waals surface area (Å²) in [6.45, 7) is 4.49. The molecule has 2 amide bonds. The topological polar surface area (TPSA) is 78.9 Å². The van der Waals surface area contributed by atoms with E-state index in [2.05, 4.69) is 5.32 Å². The zero-order valence-electron chi connectivity index (χ0n) is 11.8. The SMILES string of the molecule is CCN(C(=O)NCCOCC(=O)O)c1cccc(C)c1. The van der Waals surface area contributed by atoms with Crippen LogP contribution in [0, 0.1) is 6.92 Å². The highest BCUT2D eigenvalue weighted by Crippen LogP contribution is 2.15. The third-order valence-electron chi connectivity index (χ3n) is 2.62. The highest BCUT2D eigenvalue weighted by molar-refractivity contribution is 5.91. The van der Waals surface area contributed by atoms with Gasteiger partial charge in [0.05, 0.1) is 6.61 Å². The number of carboxylic acids is 1. The molecule has 2 N–H and O–H groups in total. The van der Waals surface area contributed by atoms with Gasteiger partial charge in [-0.25, -0.2) is 9.59 Å². The van der Waals surface area contributed by atoms with E-state index in [9.17, 15) is 9.59 Å². The van der Waals surface area contributed by atoms with Crippen LogP contribution in [-0.2, 0) is 9.53 Å². The van der Waals surface area contributed by atoms with E-state index in [-0.39, 0.29) is 25.8 Å². The fourth-order valence-corrected chi connectivity index (χ4v) is 1.72. The van der Waals surface area contributed by atoms with Gasteiger partial charge in [-0.15, -0.1) is 0 Å². The molecule has 0 aliphatic carbocycles. The molecule has 0 saturated heterocycles. The van der Waals surface area contributed by atoms with Crippen LogP contribution in [0.3, 0.4) is 0 Å². The Balaban J connectivity index is 2.45. The van der Waals surface area contributed by atoms with Crippen LogP contribution in [0.5, 0.6) is 0 Å². The molecule has 6 nitrogen and oxygen atoms in total. The molecule has 0 radical (unpaired) electrons. The van der Waals surface area contributed by atoms with Gasteiger partial charge in [0.25, 0.3) is 0 Å². The number of rotatable bonds is 7. The molecule has 0 saturated carbocycles. The van der Waals surface area contributed by atoms with E-state index in [4.69, 9.17) is 9.84 Å². The van der Waals surface area contributed by atoms with E-state index >= 15 is 0 Å². The minimum atomic E-state index is -1.02. The van der Waals surface area contributed by atoms with Crippen LogP contribution in [0.2, 0.25) is 0 Å². The highest BCUT2D eigenvalue weighted by Gasteiger charge is 2.13. The third-order valence-corrected chi connectivity index (χ3v) is 2.62. The Labute approximate surface area is 118 Å². The highest BCUT2D eigenvalue weighted by atomic mass is 16.5. The van der Waals surface area contributed by atoms with Crippen molar-refractivity contribution in [3.8, 4) is 0 Å². The lowest BCUT2D eigenvalue weighted by Crippen LogP contribution is -2.41. The molecule has 0 atom stereocenters. The van der Waals surface area contributed by atoms with Crippen LogP contribution >= 0.6 is 0 Å². The molecule has 0 bridgehead atoms. The molecule has 0 fully saturated rings. The van der Waals surface area contributed by atoms with Crippen molar-refractivity contribution in [1.82, 2.24) is 5.32 Å². The number of benzene rings is 1. The Morgan fingerprint density at radius 1 is 1.40 bits per heavy atom. The Morgan fingerprint density at radius 2 is 2.15 bits per heavy atom. The van der Waals surface area contributed by atoms with Crippen molar-refractivity contribution in [2.45, 2.75) is 13.8 Å². The summed E-state index contributed by atoms with van der Waals surface area (Å²) in [7, 11) is 0. The van der Waals surface area contributed by atoms with E-state index < -0.39 is 5.97 Å². The van der Waals surface area contributed by atoms with Crippen molar-refractivity contribution >= 4 is 17.7 Å². The van der Waals surface area contributed by atoms with Gasteiger partial charge in [-0.3, -0.25) is 4.90 Å². The van der Waals surface area contributed by atoms with E-state index in [0.717, 1.165) is 11.3 Å². The predicted molar refractivity (Wildman–Crippen MR) is 76.1 cm³/mol. The number of nitrogens with zero attached hydrogens (tertiary/aromatic N) is 1. The molecule has 0 aliphatic rings. The molecule has 20 heavy (non-hydrogen) atoms. The first-order valence-corrected chi connectivity index (χ1v) is 6.46. The zero-order chi connectivity index (χ0) is 15.0. The molecular formula is C14H20N2O4. The number of anilines is 1. The summed E-state index contributed by atoms with van der Waals surface area (Å²) in [6, 6.07) is 7.45. The van der Waals surface area contributed by atoms with E-state index in [1.165, 1.54) is 0 Å². The Bertz CT molecular complexity index is 462. The van der Waals surface area contributed by atoms with Gasteiger partial charge in [0, 0.05) is 18.8 Å². The third kappa shape index (κ3) is 5.27. The van der Waals surface area contributed by atoms with Crippen LogP contribution in [-0.4, -0.2) is 43.4 Å². The van der Waals surface area contributed by atoms with E-state index in [1.54, 1.807) is 4.90 Å². The normalized spacial score (nSPS) is 10.1. The summed E-state index contributed by atoms with van der Waals surface area (Å²) in [6.07, 6.45) is 0. The van der Waals surface area contributed by atoms with Crippen LogP contribution in [0.25, 0.3) is 0 Å². The lowest BCUT2D eigenvalue weighted by atomic mass is 10.2. The van der Waals surface area contributed by atoms with Gasteiger partial charge in [-0.2, -0.15) is 0 Å². The molecule has 0 heterocycles. The summed E-state index contributed by atoms with van der Waals surface area (Å²) < 4.78 is 4.85. The van der Waals surface area contributed by atoms with Gasteiger partial charge in [-0.05, 0) is 31.5 Å². The van der Waals surface area contributed by atoms with Crippen LogP contribution in [0.4, 0.5) is 10.5 Å². The number of carbonyl (C=O) groups excluding carboxylic acids is 1. The summed E-state index contributed by atoms with van der Waals surface area (Å²) in [4.78, 5) is 23.9. The van der Waals surface area contributed by atoms with Gasteiger partial charge < -0.3 is 15.2 Å². The Morgan fingerprint density at radius 3 is 2.75 bits per heavy atom. The molecule has 1 aromatic rings. The molecular weight excluding hydrogens is 260 g/mol. The fourth-order valence-electron chi connectivity index (χ4n) is 1.72. The number of aryl methyl sites for hydroxylation is 1. The van der Waals surface area contributed by atoms with Crippen LogP contribution in [0.1, 0.15) is 12.5 Å². The maximum atomic E-state index is 12.0. The second-order valence-electron chi connectivity index (χ2n) is 4.26. The largest absolute Gasteiger partial charge is 0.480 e. The summed E-state index contributed by atoms with van der Waals surface area (Å²) in [5.41, 5.74) is 1.91. The Hall–Kier alpha value is -2.08. The monoisotopic (exact) mass is 280 g/mol. The number of urea groups is 1. The lowest BCUT2D eigenvalue weighted by molar-refractivity contribution is -0.142. The number of carbonyl (C=O) groups is 2. The summed E-state index contributed by atoms with van der Waals surface area (Å²) >= 11 is 0. The maximum absolute atomic E-state index is 12.0. The minimum absolute atomic E-state index is 0.170. The minimum Gasteiger partial charge on any atom is -0.480 e. The molecule has 0 aromatic heterocycles. The molecule has 0 aliphatic heterocycles. The summed E-state index contributed by atoms with van der Waals surface area (Å²) in [5.74, 6) is -1.02. The smallest absolute Gasteiger partial charge is 0.329 e. The van der Waals surface area contributed by atoms with Crippen LogP contribution in [0.15, 0.2) is 24.3 Å². The second-order valence-corrected chi connectivity index (χ2v) is 4.26. The standard InChI is InChI=1S/C14H20N2O4/c1-3-16(12-6-4-5-11(2)9-12)14(19)15-7-8-20-10-13(17)18/h4-6,9H,3,7-8,10H2,1-2H3,(H,15,19)(H,17,18). The number of hydrogen-bond acceptors (Lipinski definition) is 3. The first-order valence-electron chi connectivity index (χ1n) is 6.46. The first-order chi connectivity index (χ1) is 9.54.